The largest absolute Gasteiger partial charge is 0.455 e. The smallest absolute Gasteiger partial charge is 0.143 e. The average molecular weight is 576 g/mol. The first-order valence-corrected chi connectivity index (χ1v) is 15.1. The Labute approximate surface area is 266 Å². The minimum absolute atomic E-state index is 0.197. The molecule has 0 atom stereocenters. The molecule has 0 aliphatic rings. The molecule has 0 fully saturated rings. The van der Waals surface area contributed by atoms with Gasteiger partial charge < -0.3 is 4.42 Å². The van der Waals surface area contributed by atoms with Crippen LogP contribution in [0, 0.1) is 0 Å². The molecule has 0 N–H and O–H groups in total. The minimum Gasteiger partial charge on any atom is -0.455 e. The fourth-order valence-electron chi connectivity index (χ4n) is 7.45. The summed E-state index contributed by atoms with van der Waals surface area (Å²) in [4.78, 5) is 0. The monoisotopic (exact) mass is 575 g/mol. The maximum Gasteiger partial charge on any atom is 0.143 e. The Balaban J connectivity index is 1.34. The van der Waals surface area contributed by atoms with Gasteiger partial charge in [-0.15, -0.1) is 0 Å². The highest BCUT2D eigenvalue weighted by Crippen LogP contribution is 2.47. The fourth-order valence-corrected chi connectivity index (χ4v) is 7.45. The third kappa shape index (κ3) is 3.44. The molecule has 9 aromatic carbocycles. The van der Waals surface area contributed by atoms with Gasteiger partial charge in [0.15, 0.2) is 0 Å². The Hall–Kier alpha value is -5.92. The van der Waals surface area contributed by atoms with Gasteiger partial charge in [-0.25, -0.2) is 0 Å². The van der Waals surface area contributed by atoms with Crippen LogP contribution in [-0.4, -0.2) is 0 Å². The van der Waals surface area contributed by atoms with E-state index in [0.717, 1.165) is 60.0 Å². The molecule has 0 bridgehead atoms. The molecule has 0 aliphatic heterocycles. The predicted molar refractivity (Wildman–Crippen MR) is 192 cm³/mol. The highest BCUT2D eigenvalue weighted by atomic mass is 16.3. The van der Waals surface area contributed by atoms with Gasteiger partial charge in [0.05, 0.1) is 6.85 Å². The molecule has 0 radical (unpaired) electrons. The van der Waals surface area contributed by atoms with Crippen molar-refractivity contribution >= 4 is 75.8 Å². The molecule has 208 valence electrons. The van der Waals surface area contributed by atoms with Crippen LogP contribution in [0.15, 0.2) is 162 Å². The third-order valence-electron chi connectivity index (χ3n) is 9.31. The molecule has 1 heterocycles. The van der Waals surface area contributed by atoms with Gasteiger partial charge in [-0.2, -0.15) is 0 Å². The molecule has 1 heteroatoms. The summed E-state index contributed by atoms with van der Waals surface area (Å²) in [7, 11) is 0. The summed E-state index contributed by atoms with van der Waals surface area (Å²) in [6.07, 6.45) is 0. The van der Waals surface area contributed by atoms with Gasteiger partial charge in [0.2, 0.25) is 0 Å². The Bertz CT molecular complexity index is 3020. The van der Waals surface area contributed by atoms with E-state index in [1.807, 2.05) is 48.5 Å². The van der Waals surface area contributed by atoms with Crippen molar-refractivity contribution in [3.63, 3.8) is 0 Å². The molecular formula is C44H26O. The van der Waals surface area contributed by atoms with Crippen LogP contribution in [0.1, 0.15) is 6.85 Å². The summed E-state index contributed by atoms with van der Waals surface area (Å²) in [5, 5.41) is 12.6. The lowest BCUT2D eigenvalue weighted by Gasteiger charge is -2.17. The molecular weight excluding hydrogens is 544 g/mol. The summed E-state index contributed by atoms with van der Waals surface area (Å²) in [6.45, 7) is 0. The molecule has 0 unspecified atom stereocenters. The molecule has 0 amide bonds. The molecule has 10 rings (SSSR count). The molecule has 0 aliphatic carbocycles. The van der Waals surface area contributed by atoms with Crippen LogP contribution in [0.3, 0.4) is 0 Å². The van der Waals surface area contributed by atoms with E-state index in [2.05, 4.69) is 78.9 Å². The zero-order chi connectivity index (χ0) is 33.8. The molecule has 0 spiro atoms. The van der Waals surface area contributed by atoms with E-state index >= 15 is 0 Å². The van der Waals surface area contributed by atoms with Crippen LogP contribution in [0.25, 0.3) is 98.1 Å². The average Bonchev–Trinajstić information content (AvgIpc) is 3.53. The minimum atomic E-state index is -0.404. The standard InChI is InChI=1S/C44H26O/c1-2-13-27(14-3-1)42-32-19-8-10-21-34(32)43(35-22-11-9-20-33(35)42)37-24-12-23-36-40-25-38-30-17-6-4-15-28(30)29-16-5-7-18-31(29)39(38)26-41(40)45-44(36)37/h1-26H/i1D,2D,3D,13D,14D. The molecule has 10 aromatic rings. The quantitative estimate of drug-likeness (QED) is 0.148. The Morgan fingerprint density at radius 3 is 1.42 bits per heavy atom. The first kappa shape index (κ1) is 20.1. The Morgan fingerprint density at radius 2 is 0.844 bits per heavy atom. The van der Waals surface area contributed by atoms with Crippen LogP contribution < -0.4 is 0 Å². The summed E-state index contributed by atoms with van der Waals surface area (Å²) < 4.78 is 49.7. The van der Waals surface area contributed by atoms with Crippen LogP contribution in [0.2, 0.25) is 0 Å². The highest BCUT2D eigenvalue weighted by molar-refractivity contribution is 6.29. The molecule has 45 heavy (non-hydrogen) atoms. The van der Waals surface area contributed by atoms with Gasteiger partial charge in [0.1, 0.15) is 11.2 Å². The zero-order valence-electron chi connectivity index (χ0n) is 29.0. The van der Waals surface area contributed by atoms with Crippen molar-refractivity contribution in [3.8, 4) is 22.3 Å². The van der Waals surface area contributed by atoms with Crippen molar-refractivity contribution in [1.82, 2.24) is 0 Å². The lowest BCUT2D eigenvalue weighted by molar-refractivity contribution is 0.670. The van der Waals surface area contributed by atoms with E-state index in [1.165, 1.54) is 26.9 Å². The number of hydrogen-bond donors (Lipinski definition) is 0. The fraction of sp³-hybridized carbons (Fsp3) is 0. The highest BCUT2D eigenvalue weighted by Gasteiger charge is 2.21. The van der Waals surface area contributed by atoms with Crippen LogP contribution in [-0.2, 0) is 0 Å². The number of furan rings is 1. The van der Waals surface area contributed by atoms with Gasteiger partial charge in [-0.05, 0) is 77.1 Å². The first-order chi connectivity index (χ1) is 24.4. The van der Waals surface area contributed by atoms with Crippen molar-refractivity contribution in [1.29, 1.82) is 0 Å². The van der Waals surface area contributed by atoms with Crippen molar-refractivity contribution in [2.75, 3.05) is 0 Å². The summed E-state index contributed by atoms with van der Waals surface area (Å²) in [5.74, 6) is 0. The Kier molecular flexibility index (Phi) is 4.15. The van der Waals surface area contributed by atoms with Gasteiger partial charge >= 0.3 is 0 Å². The molecule has 0 saturated carbocycles. The number of fused-ring (bicyclic) bond motifs is 11. The predicted octanol–water partition coefficient (Wildman–Crippen LogP) is 12.7. The second-order valence-corrected chi connectivity index (χ2v) is 11.6. The van der Waals surface area contributed by atoms with Gasteiger partial charge in [0, 0.05) is 21.9 Å². The van der Waals surface area contributed by atoms with Crippen molar-refractivity contribution in [2.45, 2.75) is 0 Å². The number of para-hydroxylation sites is 1. The van der Waals surface area contributed by atoms with Gasteiger partial charge in [-0.1, -0.05) is 145 Å². The maximum absolute atomic E-state index is 8.89. The Morgan fingerprint density at radius 1 is 0.378 bits per heavy atom. The zero-order valence-corrected chi connectivity index (χ0v) is 24.0. The second kappa shape index (κ2) is 9.29. The lowest BCUT2D eigenvalue weighted by Crippen LogP contribution is -1.90. The normalized spacial score (nSPS) is 13.6. The van der Waals surface area contributed by atoms with Crippen molar-refractivity contribution in [3.05, 3.63) is 158 Å². The molecule has 1 aromatic heterocycles. The topological polar surface area (TPSA) is 13.1 Å². The summed E-state index contributed by atoms with van der Waals surface area (Å²) in [5.41, 5.74) is 4.30. The van der Waals surface area contributed by atoms with Crippen LogP contribution in [0.4, 0.5) is 0 Å². The molecule has 0 saturated heterocycles. The molecule has 1 nitrogen and oxygen atoms in total. The van der Waals surface area contributed by atoms with Crippen LogP contribution in [0.5, 0.6) is 0 Å². The number of hydrogen-bond acceptors (Lipinski definition) is 1. The lowest BCUT2D eigenvalue weighted by atomic mass is 9.85. The number of rotatable bonds is 2. The van der Waals surface area contributed by atoms with Gasteiger partial charge in [0.25, 0.3) is 0 Å². The SMILES string of the molecule is [2H]c1c([2H])c([2H])c(-c2c3ccccc3c(-c3cccc4c3oc3cc5c6ccccc6c6ccccc6c5cc34)c3ccccc23)c([2H])c1[2H]. The van der Waals surface area contributed by atoms with E-state index in [1.54, 1.807) is 0 Å². The van der Waals surface area contributed by atoms with Crippen LogP contribution >= 0.6 is 0 Å². The van der Waals surface area contributed by atoms with E-state index in [4.69, 9.17) is 11.3 Å². The summed E-state index contributed by atoms with van der Waals surface area (Å²) in [6, 6.07) is 42.2. The first-order valence-electron chi connectivity index (χ1n) is 17.6. The van der Waals surface area contributed by atoms with E-state index in [-0.39, 0.29) is 29.7 Å². The summed E-state index contributed by atoms with van der Waals surface area (Å²) >= 11 is 0. The van der Waals surface area contributed by atoms with E-state index in [9.17, 15) is 0 Å². The third-order valence-corrected chi connectivity index (χ3v) is 9.31. The van der Waals surface area contributed by atoms with E-state index < -0.39 is 6.04 Å². The van der Waals surface area contributed by atoms with E-state index in [0.29, 0.717) is 5.56 Å². The van der Waals surface area contributed by atoms with Crippen molar-refractivity contribution < 1.29 is 11.3 Å². The second-order valence-electron chi connectivity index (χ2n) is 11.6. The van der Waals surface area contributed by atoms with Crippen molar-refractivity contribution in [2.24, 2.45) is 0 Å². The number of benzene rings is 9. The maximum atomic E-state index is 8.89. The van der Waals surface area contributed by atoms with Gasteiger partial charge in [-0.3, -0.25) is 0 Å².